The zero-order chi connectivity index (χ0) is 23.8. The number of phenolic OH excluding ortho intramolecular Hbond substituents is 1. The monoisotopic (exact) mass is 506 g/mol. The van der Waals surface area contributed by atoms with Crippen LogP contribution in [0.4, 0.5) is 0 Å². The molecule has 33 heavy (non-hydrogen) atoms. The van der Waals surface area contributed by atoms with Crippen molar-refractivity contribution in [3.63, 3.8) is 0 Å². The lowest BCUT2D eigenvalue weighted by Crippen LogP contribution is -2.36. The second-order valence-corrected chi connectivity index (χ2v) is 8.62. The fourth-order valence-electron chi connectivity index (χ4n) is 3.49. The minimum absolute atomic E-state index is 0.0327. The summed E-state index contributed by atoms with van der Waals surface area (Å²) < 4.78 is 0.915. The molecular weight excluding hydrogens is 480 g/mol. The van der Waals surface area contributed by atoms with E-state index >= 15 is 0 Å². The van der Waals surface area contributed by atoms with E-state index in [2.05, 4.69) is 22.5 Å². The Hall–Kier alpha value is -3.38. The minimum atomic E-state index is -0.877. The van der Waals surface area contributed by atoms with Crippen molar-refractivity contribution < 1.29 is 15.0 Å². The maximum atomic E-state index is 11.4. The van der Waals surface area contributed by atoms with E-state index in [9.17, 15) is 15.0 Å². The van der Waals surface area contributed by atoms with E-state index in [1.807, 2.05) is 72.5 Å². The van der Waals surface area contributed by atoms with Gasteiger partial charge in [0.05, 0.1) is 12.1 Å². The molecule has 3 rings (SSSR count). The first-order valence-electron chi connectivity index (χ1n) is 10.7. The SMILES string of the molecule is C=C(N=C(c1cccc(O)c1C)N(CCC(=O)O)CCc1ccccc1)c1cccc(Br)c1. The summed E-state index contributed by atoms with van der Waals surface area (Å²) >= 11 is 3.48. The molecule has 0 fully saturated rings. The van der Waals surface area contributed by atoms with Crippen molar-refractivity contribution >= 4 is 33.4 Å². The van der Waals surface area contributed by atoms with Crippen LogP contribution < -0.4 is 0 Å². The van der Waals surface area contributed by atoms with Crippen LogP contribution in [-0.4, -0.2) is 40.0 Å². The Morgan fingerprint density at radius 1 is 1.03 bits per heavy atom. The number of carbonyl (C=O) groups is 1. The molecule has 6 heteroatoms. The summed E-state index contributed by atoms with van der Waals surface area (Å²) in [6, 6.07) is 23.0. The van der Waals surface area contributed by atoms with Crippen molar-refractivity contribution in [1.82, 2.24) is 4.90 Å². The summed E-state index contributed by atoms with van der Waals surface area (Å²) in [4.78, 5) is 18.2. The third-order valence-corrected chi connectivity index (χ3v) is 5.85. The molecule has 0 aliphatic carbocycles. The maximum Gasteiger partial charge on any atom is 0.305 e. The van der Waals surface area contributed by atoms with Gasteiger partial charge in [0, 0.05) is 34.3 Å². The molecular formula is C27H27BrN2O3. The highest BCUT2D eigenvalue weighted by Gasteiger charge is 2.19. The predicted octanol–water partition coefficient (Wildman–Crippen LogP) is 5.90. The summed E-state index contributed by atoms with van der Waals surface area (Å²) in [6.45, 7) is 6.84. The molecule has 0 heterocycles. The van der Waals surface area contributed by atoms with Crippen LogP contribution in [0.5, 0.6) is 5.75 Å². The Kier molecular flexibility index (Phi) is 8.44. The van der Waals surface area contributed by atoms with E-state index in [4.69, 9.17) is 4.99 Å². The van der Waals surface area contributed by atoms with Crippen molar-refractivity contribution in [1.29, 1.82) is 0 Å². The zero-order valence-electron chi connectivity index (χ0n) is 18.5. The molecule has 3 aromatic carbocycles. The van der Waals surface area contributed by atoms with Crippen LogP contribution in [0, 0.1) is 6.92 Å². The van der Waals surface area contributed by atoms with Gasteiger partial charge in [-0.15, -0.1) is 0 Å². The zero-order valence-corrected chi connectivity index (χ0v) is 20.1. The summed E-state index contributed by atoms with van der Waals surface area (Å²) in [5.41, 5.74) is 3.97. The van der Waals surface area contributed by atoms with Gasteiger partial charge in [0.1, 0.15) is 11.6 Å². The van der Waals surface area contributed by atoms with Gasteiger partial charge in [0.15, 0.2) is 0 Å². The van der Waals surface area contributed by atoms with Crippen molar-refractivity contribution in [2.24, 2.45) is 4.99 Å². The molecule has 0 aliphatic heterocycles. The van der Waals surface area contributed by atoms with Crippen LogP contribution >= 0.6 is 15.9 Å². The third kappa shape index (κ3) is 6.80. The summed E-state index contributed by atoms with van der Waals surface area (Å²) in [7, 11) is 0. The van der Waals surface area contributed by atoms with E-state index in [1.165, 1.54) is 0 Å². The number of phenols is 1. The molecule has 0 atom stereocenters. The lowest BCUT2D eigenvalue weighted by atomic mass is 10.0. The quantitative estimate of drug-likeness (QED) is 0.280. The van der Waals surface area contributed by atoms with Crippen LogP contribution in [-0.2, 0) is 11.2 Å². The summed E-state index contributed by atoms with van der Waals surface area (Å²) in [5, 5.41) is 19.7. The van der Waals surface area contributed by atoms with Crippen LogP contribution in [0.1, 0.15) is 28.7 Å². The number of amidine groups is 1. The molecule has 5 nitrogen and oxygen atoms in total. The first-order chi connectivity index (χ1) is 15.8. The van der Waals surface area contributed by atoms with E-state index in [0.29, 0.717) is 23.6 Å². The van der Waals surface area contributed by atoms with Crippen LogP contribution in [0.2, 0.25) is 0 Å². The summed E-state index contributed by atoms with van der Waals surface area (Å²) in [5.74, 6) is -0.127. The van der Waals surface area contributed by atoms with Crippen LogP contribution in [0.3, 0.4) is 0 Å². The standard InChI is InChI=1S/C27H27BrN2O3/c1-19-24(12-7-13-25(19)31)27(29-20(2)22-10-6-11-23(28)18-22)30(17-15-26(32)33)16-14-21-8-4-3-5-9-21/h3-13,18,31H,2,14-17H2,1H3,(H,32,33). The van der Waals surface area contributed by atoms with E-state index < -0.39 is 5.97 Å². The average Bonchev–Trinajstić information content (AvgIpc) is 2.80. The topological polar surface area (TPSA) is 73.1 Å². The first kappa shape index (κ1) is 24.3. The number of aliphatic carboxylic acids is 1. The predicted molar refractivity (Wildman–Crippen MR) is 137 cm³/mol. The Bertz CT molecular complexity index is 1160. The number of carboxylic acids is 1. The number of carboxylic acid groups (broad SMARTS) is 1. The van der Waals surface area contributed by atoms with Gasteiger partial charge in [0.2, 0.25) is 0 Å². The molecule has 0 spiro atoms. The van der Waals surface area contributed by atoms with Gasteiger partial charge in [-0.05, 0) is 37.1 Å². The number of halogens is 1. The van der Waals surface area contributed by atoms with Gasteiger partial charge in [-0.3, -0.25) is 4.79 Å². The molecule has 0 unspecified atom stereocenters. The largest absolute Gasteiger partial charge is 0.508 e. The van der Waals surface area contributed by atoms with E-state index in [-0.39, 0.29) is 18.7 Å². The lowest BCUT2D eigenvalue weighted by Gasteiger charge is -2.27. The molecule has 170 valence electrons. The minimum Gasteiger partial charge on any atom is -0.508 e. The third-order valence-electron chi connectivity index (χ3n) is 5.35. The molecule has 0 radical (unpaired) electrons. The fraction of sp³-hybridized carbons (Fsp3) is 0.185. The molecule has 2 N–H and O–H groups in total. The summed E-state index contributed by atoms with van der Waals surface area (Å²) in [6.07, 6.45) is 0.690. The highest BCUT2D eigenvalue weighted by molar-refractivity contribution is 9.10. The number of hydrogen-bond donors (Lipinski definition) is 2. The number of nitrogens with zero attached hydrogens (tertiary/aromatic N) is 2. The normalized spacial score (nSPS) is 11.3. The highest BCUT2D eigenvalue weighted by Crippen LogP contribution is 2.25. The maximum absolute atomic E-state index is 11.4. The number of rotatable bonds is 9. The number of aliphatic imine (C=N–C) groups is 1. The lowest BCUT2D eigenvalue weighted by molar-refractivity contribution is -0.137. The van der Waals surface area contributed by atoms with Crippen molar-refractivity contribution in [2.75, 3.05) is 13.1 Å². The second kappa shape index (κ2) is 11.5. The van der Waals surface area contributed by atoms with Gasteiger partial charge in [0.25, 0.3) is 0 Å². The smallest absolute Gasteiger partial charge is 0.305 e. The van der Waals surface area contributed by atoms with Gasteiger partial charge < -0.3 is 15.1 Å². The van der Waals surface area contributed by atoms with E-state index in [0.717, 1.165) is 27.6 Å². The van der Waals surface area contributed by atoms with Crippen LogP contribution in [0.15, 0.2) is 88.8 Å². The Morgan fingerprint density at radius 3 is 2.45 bits per heavy atom. The molecule has 0 bridgehead atoms. The molecule has 0 aliphatic rings. The van der Waals surface area contributed by atoms with Crippen LogP contribution in [0.25, 0.3) is 5.70 Å². The fourth-order valence-corrected chi connectivity index (χ4v) is 3.89. The molecule has 0 saturated heterocycles. The number of benzene rings is 3. The average molecular weight is 507 g/mol. The second-order valence-electron chi connectivity index (χ2n) is 7.71. The van der Waals surface area contributed by atoms with Crippen molar-refractivity contribution in [2.45, 2.75) is 19.8 Å². The number of hydrogen-bond acceptors (Lipinski definition) is 3. The van der Waals surface area contributed by atoms with Gasteiger partial charge in [-0.1, -0.05) is 77.1 Å². The van der Waals surface area contributed by atoms with Gasteiger partial charge in [-0.25, -0.2) is 4.99 Å². The highest BCUT2D eigenvalue weighted by atomic mass is 79.9. The van der Waals surface area contributed by atoms with Gasteiger partial charge in [-0.2, -0.15) is 0 Å². The molecule has 0 aromatic heterocycles. The Balaban J connectivity index is 2.04. The molecule has 3 aromatic rings. The Morgan fingerprint density at radius 2 is 1.76 bits per heavy atom. The number of aromatic hydroxyl groups is 1. The van der Waals surface area contributed by atoms with E-state index in [1.54, 1.807) is 12.1 Å². The first-order valence-corrected chi connectivity index (χ1v) is 11.5. The Labute approximate surface area is 202 Å². The molecule has 0 saturated carbocycles. The van der Waals surface area contributed by atoms with Crippen molar-refractivity contribution in [3.05, 3.63) is 106 Å². The van der Waals surface area contributed by atoms with Crippen molar-refractivity contribution in [3.8, 4) is 5.75 Å². The molecule has 0 amide bonds. The van der Waals surface area contributed by atoms with Gasteiger partial charge >= 0.3 is 5.97 Å².